The van der Waals surface area contributed by atoms with Crippen LogP contribution in [-0.2, 0) is 15.9 Å². The SMILES string of the molecule is CCc1nc(NN)c(C)c(N(CCOC)CCOC)n1. The third-order valence-electron chi connectivity index (χ3n) is 3.05. The third kappa shape index (κ3) is 4.29. The van der Waals surface area contributed by atoms with Crippen LogP contribution in [0.1, 0.15) is 18.3 Å². The molecule has 0 bridgehead atoms. The van der Waals surface area contributed by atoms with Gasteiger partial charge in [-0.15, -0.1) is 0 Å². The van der Waals surface area contributed by atoms with Crippen molar-refractivity contribution >= 4 is 11.6 Å². The van der Waals surface area contributed by atoms with Gasteiger partial charge >= 0.3 is 0 Å². The molecule has 0 unspecified atom stereocenters. The molecule has 0 amide bonds. The molecule has 20 heavy (non-hydrogen) atoms. The Labute approximate surface area is 120 Å². The minimum absolute atomic E-state index is 0.625. The van der Waals surface area contributed by atoms with E-state index < -0.39 is 0 Å². The average molecular weight is 283 g/mol. The van der Waals surface area contributed by atoms with E-state index in [9.17, 15) is 0 Å². The van der Waals surface area contributed by atoms with Gasteiger partial charge in [-0.1, -0.05) is 6.92 Å². The van der Waals surface area contributed by atoms with Gasteiger partial charge in [-0.2, -0.15) is 0 Å². The quantitative estimate of drug-likeness (QED) is 0.510. The summed E-state index contributed by atoms with van der Waals surface area (Å²) in [6, 6.07) is 0. The van der Waals surface area contributed by atoms with Crippen molar-refractivity contribution in [1.82, 2.24) is 9.97 Å². The molecule has 0 saturated carbocycles. The summed E-state index contributed by atoms with van der Waals surface area (Å²) in [4.78, 5) is 11.1. The molecular weight excluding hydrogens is 258 g/mol. The number of rotatable bonds is 9. The lowest BCUT2D eigenvalue weighted by Crippen LogP contribution is -2.32. The van der Waals surface area contributed by atoms with Gasteiger partial charge in [-0.25, -0.2) is 15.8 Å². The summed E-state index contributed by atoms with van der Waals surface area (Å²) in [6.07, 6.45) is 0.754. The van der Waals surface area contributed by atoms with Gasteiger partial charge < -0.3 is 19.8 Å². The molecule has 0 spiro atoms. The highest BCUT2D eigenvalue weighted by Gasteiger charge is 2.15. The summed E-state index contributed by atoms with van der Waals surface area (Å²) in [7, 11) is 3.37. The van der Waals surface area contributed by atoms with Crippen LogP contribution in [0.2, 0.25) is 0 Å². The highest BCUT2D eigenvalue weighted by molar-refractivity contribution is 5.58. The lowest BCUT2D eigenvalue weighted by molar-refractivity contribution is 0.190. The molecule has 0 saturated heterocycles. The van der Waals surface area contributed by atoms with Crippen molar-refractivity contribution in [1.29, 1.82) is 0 Å². The molecule has 0 radical (unpaired) electrons. The van der Waals surface area contributed by atoms with Crippen LogP contribution in [0.15, 0.2) is 0 Å². The fourth-order valence-electron chi connectivity index (χ4n) is 1.88. The summed E-state index contributed by atoms with van der Waals surface area (Å²) in [5.41, 5.74) is 3.56. The van der Waals surface area contributed by atoms with Gasteiger partial charge in [-0.3, -0.25) is 0 Å². The number of hydrazine groups is 1. The van der Waals surface area contributed by atoms with E-state index in [4.69, 9.17) is 15.3 Å². The van der Waals surface area contributed by atoms with Crippen LogP contribution in [0.25, 0.3) is 0 Å². The van der Waals surface area contributed by atoms with Crippen molar-refractivity contribution < 1.29 is 9.47 Å². The summed E-state index contributed by atoms with van der Waals surface area (Å²) >= 11 is 0. The number of nitrogens with two attached hydrogens (primary N) is 1. The predicted octanol–water partition coefficient (Wildman–Crippen LogP) is 0.732. The first kappa shape index (κ1) is 16.6. The van der Waals surface area contributed by atoms with Gasteiger partial charge in [0, 0.05) is 39.3 Å². The Balaban J connectivity index is 3.08. The fraction of sp³-hybridized carbons (Fsp3) is 0.692. The van der Waals surface area contributed by atoms with Gasteiger partial charge in [0.25, 0.3) is 0 Å². The van der Waals surface area contributed by atoms with Crippen molar-refractivity contribution in [2.24, 2.45) is 5.84 Å². The summed E-state index contributed by atoms with van der Waals surface area (Å²) in [5.74, 6) is 7.83. The van der Waals surface area contributed by atoms with E-state index in [1.165, 1.54) is 0 Å². The number of anilines is 2. The van der Waals surface area contributed by atoms with Crippen LogP contribution in [0.4, 0.5) is 11.6 Å². The maximum atomic E-state index is 5.54. The molecule has 0 aromatic carbocycles. The maximum Gasteiger partial charge on any atom is 0.148 e. The molecule has 1 heterocycles. The molecule has 0 atom stereocenters. The Kier molecular flexibility index (Phi) is 7.21. The van der Waals surface area contributed by atoms with Gasteiger partial charge in [0.1, 0.15) is 17.5 Å². The van der Waals surface area contributed by atoms with Gasteiger partial charge in [0.05, 0.1) is 13.2 Å². The van der Waals surface area contributed by atoms with Crippen LogP contribution in [0.3, 0.4) is 0 Å². The summed E-state index contributed by atoms with van der Waals surface area (Å²) in [5, 5.41) is 0. The Morgan fingerprint density at radius 2 is 1.75 bits per heavy atom. The second-order valence-corrected chi connectivity index (χ2v) is 4.41. The largest absolute Gasteiger partial charge is 0.383 e. The molecule has 1 aromatic heterocycles. The highest BCUT2D eigenvalue weighted by Crippen LogP contribution is 2.23. The molecule has 0 aliphatic carbocycles. The number of methoxy groups -OCH3 is 2. The minimum atomic E-state index is 0.625. The van der Waals surface area contributed by atoms with Crippen LogP contribution in [0, 0.1) is 6.92 Å². The number of nitrogens with one attached hydrogen (secondary N) is 1. The monoisotopic (exact) mass is 283 g/mol. The normalized spacial score (nSPS) is 10.7. The molecule has 0 fully saturated rings. The molecule has 7 heteroatoms. The van der Waals surface area contributed by atoms with Crippen molar-refractivity contribution in [3.05, 3.63) is 11.4 Å². The van der Waals surface area contributed by atoms with Crippen molar-refractivity contribution in [3.63, 3.8) is 0 Å². The first-order valence-corrected chi connectivity index (χ1v) is 6.74. The number of hydrogen-bond acceptors (Lipinski definition) is 7. The smallest absolute Gasteiger partial charge is 0.148 e. The molecule has 3 N–H and O–H groups in total. The molecule has 7 nitrogen and oxygen atoms in total. The Morgan fingerprint density at radius 1 is 1.15 bits per heavy atom. The molecule has 114 valence electrons. The van der Waals surface area contributed by atoms with E-state index >= 15 is 0 Å². The molecule has 0 aliphatic heterocycles. The van der Waals surface area contributed by atoms with Gasteiger partial charge in [-0.05, 0) is 6.92 Å². The maximum absolute atomic E-state index is 5.54. The zero-order valence-corrected chi connectivity index (χ0v) is 12.8. The van der Waals surface area contributed by atoms with E-state index in [0.717, 1.165) is 36.7 Å². The number of nitrogen functional groups attached to an aromatic ring is 1. The van der Waals surface area contributed by atoms with E-state index in [1.54, 1.807) is 14.2 Å². The molecular formula is C13H25N5O2. The lowest BCUT2D eigenvalue weighted by atomic mass is 10.2. The standard InChI is InChI=1S/C13H25N5O2/c1-5-11-15-12(17-14)10(2)13(16-11)18(6-8-19-3)7-9-20-4/h5-9,14H2,1-4H3,(H,15,16,17). The summed E-state index contributed by atoms with van der Waals surface area (Å²) in [6.45, 7) is 6.70. The third-order valence-corrected chi connectivity index (χ3v) is 3.05. The first-order chi connectivity index (χ1) is 9.67. The van der Waals surface area contributed by atoms with E-state index in [2.05, 4.69) is 20.3 Å². The number of nitrogens with zero attached hydrogens (tertiary/aromatic N) is 3. The molecule has 1 rings (SSSR count). The van der Waals surface area contributed by atoms with Gasteiger partial charge in [0.15, 0.2) is 0 Å². The number of aryl methyl sites for hydroxylation is 1. The van der Waals surface area contributed by atoms with Crippen molar-refractivity contribution in [2.45, 2.75) is 20.3 Å². The average Bonchev–Trinajstić information content (AvgIpc) is 2.48. The second-order valence-electron chi connectivity index (χ2n) is 4.41. The predicted molar refractivity (Wildman–Crippen MR) is 79.9 cm³/mol. The fourth-order valence-corrected chi connectivity index (χ4v) is 1.88. The summed E-state index contributed by atoms with van der Waals surface area (Å²) < 4.78 is 10.3. The minimum Gasteiger partial charge on any atom is -0.383 e. The van der Waals surface area contributed by atoms with E-state index in [-0.39, 0.29) is 0 Å². The highest BCUT2D eigenvalue weighted by atomic mass is 16.5. The number of hydrogen-bond donors (Lipinski definition) is 2. The van der Waals surface area contributed by atoms with Gasteiger partial charge in [0.2, 0.25) is 0 Å². The van der Waals surface area contributed by atoms with Crippen LogP contribution in [-0.4, -0.2) is 50.5 Å². The zero-order chi connectivity index (χ0) is 15.0. The lowest BCUT2D eigenvalue weighted by Gasteiger charge is -2.25. The molecule has 0 aliphatic rings. The number of ether oxygens (including phenoxy) is 2. The first-order valence-electron chi connectivity index (χ1n) is 6.74. The topological polar surface area (TPSA) is 85.5 Å². The van der Waals surface area contributed by atoms with Crippen LogP contribution < -0.4 is 16.2 Å². The van der Waals surface area contributed by atoms with E-state index in [1.807, 2.05) is 13.8 Å². The Morgan fingerprint density at radius 3 is 2.20 bits per heavy atom. The Hall–Kier alpha value is -1.44. The van der Waals surface area contributed by atoms with Crippen molar-refractivity contribution in [3.8, 4) is 0 Å². The zero-order valence-electron chi connectivity index (χ0n) is 12.8. The number of aromatic nitrogens is 2. The van der Waals surface area contributed by atoms with Crippen LogP contribution in [0.5, 0.6) is 0 Å². The van der Waals surface area contributed by atoms with E-state index in [0.29, 0.717) is 19.0 Å². The molecule has 1 aromatic rings. The van der Waals surface area contributed by atoms with Crippen molar-refractivity contribution in [2.75, 3.05) is 50.8 Å². The van der Waals surface area contributed by atoms with Crippen LogP contribution >= 0.6 is 0 Å². The second kappa shape index (κ2) is 8.68. The Bertz CT molecular complexity index is 406.